The Hall–Kier alpha value is -13.8. The molecule has 1 aliphatic carbocycles. The molecular formula is C93H87N9O12. The molecule has 576 valence electrons. The fourth-order valence-corrected chi connectivity index (χ4v) is 14.1. The van der Waals surface area contributed by atoms with Crippen LogP contribution in [-0.2, 0) is 78.2 Å². The molecule has 114 heavy (non-hydrogen) atoms. The Kier molecular flexibility index (Phi) is 27.6. The van der Waals surface area contributed by atoms with Crippen LogP contribution in [0.4, 0.5) is 0 Å². The number of azide groups is 3. The van der Waals surface area contributed by atoms with Gasteiger partial charge in [-0.25, -0.2) is 0 Å². The number of nitrogens with zero attached hydrogens (tertiary/aromatic N) is 9. The highest BCUT2D eigenvalue weighted by Gasteiger charge is 2.28. The Balaban J connectivity index is 1.10. The first-order chi connectivity index (χ1) is 56.2. The smallest absolute Gasteiger partial charge is 0.126 e. The van der Waals surface area contributed by atoms with Crippen LogP contribution in [0.5, 0.6) is 69.0 Å². The first-order valence-corrected chi connectivity index (χ1v) is 37.7. The average Bonchev–Trinajstić information content (AvgIpc) is 0.780. The Morgan fingerprint density at radius 1 is 0.228 bits per heavy atom. The van der Waals surface area contributed by atoms with Crippen molar-refractivity contribution in [3.05, 3.63) is 386 Å². The molecule has 0 N–H and O–H groups in total. The van der Waals surface area contributed by atoms with Gasteiger partial charge in [-0.15, -0.1) is 0 Å². The summed E-state index contributed by atoms with van der Waals surface area (Å²) < 4.78 is 82.6. The Bertz CT molecular complexity index is 4690. The van der Waals surface area contributed by atoms with E-state index in [1.54, 1.807) is 21.3 Å². The van der Waals surface area contributed by atoms with Crippen molar-refractivity contribution in [3.8, 4) is 69.0 Å². The van der Waals surface area contributed by atoms with Gasteiger partial charge < -0.3 is 56.8 Å². The van der Waals surface area contributed by atoms with Gasteiger partial charge in [-0.05, 0) is 123 Å². The van der Waals surface area contributed by atoms with Crippen molar-refractivity contribution in [1.82, 2.24) is 0 Å². The van der Waals surface area contributed by atoms with Gasteiger partial charge in [-0.2, -0.15) is 0 Å². The summed E-state index contributed by atoms with van der Waals surface area (Å²) in [6, 6.07) is 83.8. The maximum Gasteiger partial charge on any atom is 0.126 e. The van der Waals surface area contributed by atoms with Gasteiger partial charge >= 0.3 is 0 Å². The number of ether oxygens (including phenoxy) is 12. The number of methoxy groups -OCH3 is 3. The summed E-state index contributed by atoms with van der Waals surface area (Å²) in [6.07, 6.45) is 1.12. The lowest BCUT2D eigenvalue weighted by molar-refractivity contribution is 0.299. The quantitative estimate of drug-likeness (QED) is 0.0161. The fourth-order valence-electron chi connectivity index (χ4n) is 14.1. The zero-order valence-corrected chi connectivity index (χ0v) is 63.9. The van der Waals surface area contributed by atoms with Crippen LogP contribution in [-0.4, -0.2) is 60.8 Å². The lowest BCUT2D eigenvalue weighted by Crippen LogP contribution is -2.11. The number of rotatable bonds is 33. The van der Waals surface area contributed by atoms with Crippen molar-refractivity contribution in [2.75, 3.05) is 60.8 Å². The molecule has 0 heterocycles. The van der Waals surface area contributed by atoms with Crippen LogP contribution in [0.3, 0.4) is 0 Å². The van der Waals surface area contributed by atoms with Crippen molar-refractivity contribution in [2.24, 2.45) is 15.3 Å². The van der Waals surface area contributed by atoms with Crippen molar-refractivity contribution >= 4 is 0 Å². The Morgan fingerprint density at radius 3 is 0.535 bits per heavy atom. The largest absolute Gasteiger partial charge is 0.496 e. The normalized spacial score (nSPS) is 11.5. The van der Waals surface area contributed by atoms with Crippen LogP contribution in [0.25, 0.3) is 31.3 Å². The molecular weight excluding hydrogens is 1440 g/mol. The van der Waals surface area contributed by atoms with E-state index in [2.05, 4.69) is 30.1 Å². The van der Waals surface area contributed by atoms with Crippen molar-refractivity contribution in [2.45, 2.75) is 78.2 Å². The highest BCUT2D eigenvalue weighted by atomic mass is 16.5. The van der Waals surface area contributed by atoms with Crippen molar-refractivity contribution in [3.63, 3.8) is 0 Å². The molecule has 12 aromatic carbocycles. The lowest BCUT2D eigenvalue weighted by Gasteiger charge is -2.24. The van der Waals surface area contributed by atoms with Crippen LogP contribution in [0.1, 0.15) is 100 Å². The van der Waals surface area contributed by atoms with Gasteiger partial charge in [0.2, 0.25) is 0 Å². The van der Waals surface area contributed by atoms with E-state index in [9.17, 15) is 16.6 Å². The molecule has 0 saturated heterocycles. The van der Waals surface area contributed by atoms with Crippen molar-refractivity contribution < 1.29 is 56.8 Å². The second-order valence-electron chi connectivity index (χ2n) is 27.2. The number of benzene rings is 12. The van der Waals surface area contributed by atoms with E-state index in [1.807, 2.05) is 255 Å². The molecule has 12 aromatic rings. The van der Waals surface area contributed by atoms with Gasteiger partial charge in [0, 0.05) is 120 Å². The van der Waals surface area contributed by atoms with E-state index < -0.39 is 0 Å². The molecule has 0 amide bonds. The van der Waals surface area contributed by atoms with Gasteiger partial charge in [-0.3, -0.25) is 0 Å². The third kappa shape index (κ3) is 21.4. The van der Waals surface area contributed by atoms with Gasteiger partial charge in [0.1, 0.15) is 109 Å². The summed E-state index contributed by atoms with van der Waals surface area (Å²) in [4.78, 5) is 9.34. The summed E-state index contributed by atoms with van der Waals surface area (Å²) >= 11 is 0. The van der Waals surface area contributed by atoms with E-state index in [0.29, 0.717) is 102 Å². The maximum atomic E-state index is 9.70. The Morgan fingerprint density at radius 2 is 0.386 bits per heavy atom. The van der Waals surface area contributed by atoms with E-state index in [-0.39, 0.29) is 118 Å². The average molecular weight is 1520 g/mol. The van der Waals surface area contributed by atoms with E-state index in [4.69, 9.17) is 56.8 Å². The first kappa shape index (κ1) is 78.3. The molecule has 0 spiro atoms. The maximum absolute atomic E-state index is 9.70. The predicted molar refractivity (Wildman–Crippen MR) is 438 cm³/mol. The standard InChI is InChI=1S/C93H87N9O12/c1-103-88-70-40-76-52-85(112-61-67-28-16-7-17-29-67)54-78(91(76)106-37-34-97-100-94)42-72-48-83(110-59-65-24-12-5-13-25-65)50-74(89(72)104-2)44-80-56-87(114-63-69-32-20-9-21-33-69)57-81(93(80)108-39-36-99-102-96)45-75-51-84(111-60-66-26-14-6-15-27-66)49-73(90(75)105-3)43-79-55-86(113-62-68-30-18-8-19-31-68)53-77(92(79)107-38-35-98-101-95)41-71(88)47-82(46-70)109-58-64-22-10-4-11-23-64/h4-33,46-57H,34-45,58-63H2,1-3H3. The minimum atomic E-state index is 0.0118. The molecule has 1 aliphatic rings. The topological polar surface area (TPSA) is 257 Å². The predicted octanol–water partition coefficient (Wildman–Crippen LogP) is 21.1. The summed E-state index contributed by atoms with van der Waals surface area (Å²) in [6.45, 7) is 1.50. The molecule has 0 radical (unpaired) electrons. The second kappa shape index (κ2) is 40.2. The van der Waals surface area contributed by atoms with E-state index in [0.717, 1.165) is 66.8 Å². The number of hydrogen-bond donors (Lipinski definition) is 0. The third-order valence-electron chi connectivity index (χ3n) is 19.2. The van der Waals surface area contributed by atoms with Gasteiger partial charge in [0.25, 0.3) is 0 Å². The molecule has 0 fully saturated rings. The summed E-state index contributed by atoms with van der Waals surface area (Å²) in [5.41, 5.74) is 43.5. The van der Waals surface area contributed by atoms with E-state index >= 15 is 0 Å². The molecule has 12 bridgehead atoms. The molecule has 13 rings (SSSR count). The summed E-state index contributed by atoms with van der Waals surface area (Å²) in [5, 5.41) is 11.8. The SMILES string of the molecule is COc1c2cc(OCc3ccccc3)cc1Cc1cc(OCc3ccccc3)cc(c1OCCN=[N+]=[N-])Cc1cc(OCc3ccccc3)cc(c1OC)Cc1cc(OCc3ccccc3)cc(c1OCCN=[N+]=[N-])Cc1cc(OCc3ccccc3)cc(c1OC)Cc1cc(OCc3ccccc3)cc(c1OCCN=[N+]=[N-])C2. The molecule has 0 unspecified atom stereocenters. The van der Waals surface area contributed by atoms with Crippen LogP contribution >= 0.6 is 0 Å². The highest BCUT2D eigenvalue weighted by Crippen LogP contribution is 2.46. The van der Waals surface area contributed by atoms with Gasteiger partial charge in [-0.1, -0.05) is 197 Å². The number of hydrogen-bond acceptors (Lipinski definition) is 15. The monoisotopic (exact) mass is 1520 g/mol. The Labute approximate surface area is 662 Å². The molecule has 0 aromatic heterocycles. The third-order valence-corrected chi connectivity index (χ3v) is 19.2. The molecule has 0 aliphatic heterocycles. The van der Waals surface area contributed by atoms with Gasteiger partial charge in [0.15, 0.2) is 0 Å². The second-order valence-corrected chi connectivity index (χ2v) is 27.2. The minimum Gasteiger partial charge on any atom is -0.496 e. The van der Waals surface area contributed by atoms with Gasteiger partial charge in [0.05, 0.1) is 60.8 Å². The van der Waals surface area contributed by atoms with Crippen LogP contribution in [0, 0.1) is 0 Å². The van der Waals surface area contributed by atoms with Crippen LogP contribution in [0.2, 0.25) is 0 Å². The van der Waals surface area contributed by atoms with Crippen LogP contribution in [0.15, 0.2) is 270 Å². The fraction of sp³-hybridized carbons (Fsp3) is 0.226. The zero-order chi connectivity index (χ0) is 78.5. The van der Waals surface area contributed by atoms with E-state index in [1.165, 1.54) is 0 Å². The summed E-state index contributed by atoms with van der Waals surface area (Å²) in [5.74, 6) is 6.43. The van der Waals surface area contributed by atoms with Crippen LogP contribution < -0.4 is 56.8 Å². The zero-order valence-electron chi connectivity index (χ0n) is 63.9. The van der Waals surface area contributed by atoms with Crippen molar-refractivity contribution in [1.29, 1.82) is 0 Å². The molecule has 21 heteroatoms. The number of fused-ring (bicyclic) bond motifs is 12. The first-order valence-electron chi connectivity index (χ1n) is 37.7. The highest BCUT2D eigenvalue weighted by molar-refractivity contribution is 5.62. The lowest BCUT2D eigenvalue weighted by atomic mass is 9.90. The minimum absolute atomic E-state index is 0.0118. The summed E-state index contributed by atoms with van der Waals surface area (Å²) in [7, 11) is 4.98. The molecule has 0 saturated carbocycles. The molecule has 0 atom stereocenters. The molecule has 21 nitrogen and oxygen atoms in total.